The molecule has 0 saturated carbocycles. The minimum Gasteiger partial charge on any atom is -0.290 e. The zero-order valence-corrected chi connectivity index (χ0v) is 34.0. The van der Waals surface area contributed by atoms with Crippen LogP contribution in [0.15, 0.2) is 265 Å². The van der Waals surface area contributed by atoms with Gasteiger partial charge in [-0.25, -0.2) is 9.98 Å². The number of hydrogen-bond acceptors (Lipinski definition) is 4. The van der Waals surface area contributed by atoms with Crippen LogP contribution >= 0.6 is 0 Å². The van der Waals surface area contributed by atoms with E-state index >= 15 is 0 Å². The maximum absolute atomic E-state index is 12.1. The molecular weight excluding hydrogens is 757 g/mol. The van der Waals surface area contributed by atoms with Gasteiger partial charge in [0.15, 0.2) is 11.6 Å². The van der Waals surface area contributed by atoms with Crippen LogP contribution in [-0.2, 0) is 9.59 Å². The smallest absolute Gasteiger partial charge is 0.178 e. The van der Waals surface area contributed by atoms with E-state index in [1.54, 1.807) is 48.6 Å². The lowest BCUT2D eigenvalue weighted by Crippen LogP contribution is -2.00. The van der Waals surface area contributed by atoms with Gasteiger partial charge in [0.1, 0.15) is 0 Å². The number of aliphatic imine (C=N–C) groups is 2. The number of nitrogens with zero attached hydrogens (tertiary/aromatic N) is 2. The number of hydrogen-bond donors (Lipinski definition) is 0. The second-order valence-corrected chi connectivity index (χ2v) is 14.5. The van der Waals surface area contributed by atoms with Crippen LogP contribution in [0.25, 0.3) is 33.7 Å². The maximum Gasteiger partial charge on any atom is 0.178 e. The van der Waals surface area contributed by atoms with Crippen molar-refractivity contribution in [1.82, 2.24) is 0 Å². The summed E-state index contributed by atoms with van der Waals surface area (Å²) in [5, 5.41) is 0. The minimum atomic E-state index is -0.0645. The number of ketones is 2. The summed E-state index contributed by atoms with van der Waals surface area (Å²) < 4.78 is 0. The van der Waals surface area contributed by atoms with E-state index in [1.165, 1.54) is 0 Å². The summed E-state index contributed by atoms with van der Waals surface area (Å²) in [7, 11) is 0. The van der Waals surface area contributed by atoms with Crippen molar-refractivity contribution in [1.29, 1.82) is 0 Å². The van der Waals surface area contributed by atoms with E-state index in [1.807, 2.05) is 84.9 Å². The standard InChI is InChI=1S/C58H42N2O2/c61-53-35-31-51(32-36-53)59-57(47-27-15-5-16-28-47)41-49(43-19-7-1-8-20-43)39-55(45-23-11-3-12-24-45)56(46-25-13-4-14-26-46)40-50(44-21-9-2-10-22-44)42-58(48-29-17-6-18-30-48)60-52-33-37-54(62)38-34-52/h1-42H/b49-39-,50-40+,56-55+,57-41-,58-42-. The monoisotopic (exact) mass is 798 g/mol. The SMILES string of the molecule is O=C1C=CC(=N\C(=C/C(=C/C(=C(/C=C(\C=C(/N=C2C=CC(=O)C=C2)c2ccccc2)c2ccccc2)c2ccccc2)c2ccccc2)c2ccccc2)c2ccccc2)C=C1. The summed E-state index contributed by atoms with van der Waals surface area (Å²) in [5.41, 5.74) is 12.6. The van der Waals surface area contributed by atoms with Gasteiger partial charge < -0.3 is 0 Å². The van der Waals surface area contributed by atoms with Crippen molar-refractivity contribution in [3.05, 3.63) is 288 Å². The summed E-state index contributed by atoms with van der Waals surface area (Å²) in [6, 6.07) is 61.8. The van der Waals surface area contributed by atoms with Gasteiger partial charge >= 0.3 is 0 Å². The molecule has 296 valence electrons. The van der Waals surface area contributed by atoms with E-state index in [9.17, 15) is 9.59 Å². The molecule has 6 aromatic rings. The van der Waals surface area contributed by atoms with Crippen LogP contribution in [0.1, 0.15) is 33.4 Å². The Kier molecular flexibility index (Phi) is 13.1. The Morgan fingerprint density at radius 2 is 0.548 bits per heavy atom. The van der Waals surface area contributed by atoms with E-state index in [2.05, 4.69) is 121 Å². The zero-order chi connectivity index (χ0) is 42.4. The third-order valence-corrected chi connectivity index (χ3v) is 10.2. The quantitative estimate of drug-likeness (QED) is 0.0703. The molecule has 0 aliphatic heterocycles. The molecule has 4 heteroatoms. The van der Waals surface area contributed by atoms with Gasteiger partial charge in [0.2, 0.25) is 0 Å². The minimum absolute atomic E-state index is 0.0645. The lowest BCUT2D eigenvalue weighted by molar-refractivity contribution is -0.111. The number of carbonyl (C=O) groups is 2. The predicted octanol–water partition coefficient (Wildman–Crippen LogP) is 13.1. The van der Waals surface area contributed by atoms with Gasteiger partial charge in [-0.15, -0.1) is 0 Å². The van der Waals surface area contributed by atoms with E-state index in [-0.39, 0.29) is 11.6 Å². The van der Waals surface area contributed by atoms with Gasteiger partial charge in [-0.1, -0.05) is 182 Å². The Labute approximate surface area is 363 Å². The molecule has 62 heavy (non-hydrogen) atoms. The zero-order valence-electron chi connectivity index (χ0n) is 34.0. The summed E-state index contributed by atoms with van der Waals surface area (Å²) in [6.07, 6.45) is 22.0. The molecule has 2 aliphatic rings. The first-order valence-corrected chi connectivity index (χ1v) is 20.5. The molecular formula is C58H42N2O2. The Morgan fingerprint density at radius 3 is 0.839 bits per heavy atom. The molecule has 4 nitrogen and oxygen atoms in total. The first-order valence-electron chi connectivity index (χ1n) is 20.5. The topological polar surface area (TPSA) is 58.9 Å². The predicted molar refractivity (Wildman–Crippen MR) is 259 cm³/mol. The number of allylic oxidation sites excluding steroid dienone is 16. The largest absolute Gasteiger partial charge is 0.290 e. The first kappa shape index (κ1) is 40.4. The van der Waals surface area contributed by atoms with Crippen molar-refractivity contribution < 1.29 is 9.59 Å². The molecule has 2 aliphatic carbocycles. The highest BCUT2D eigenvalue weighted by atomic mass is 16.1. The van der Waals surface area contributed by atoms with Crippen LogP contribution in [0.3, 0.4) is 0 Å². The summed E-state index contributed by atoms with van der Waals surface area (Å²) >= 11 is 0. The molecule has 0 heterocycles. The molecule has 0 fully saturated rings. The van der Waals surface area contributed by atoms with Gasteiger partial charge in [0.05, 0.1) is 22.8 Å². The normalized spacial score (nSPS) is 14.8. The second kappa shape index (κ2) is 20.1. The van der Waals surface area contributed by atoms with Gasteiger partial charge in [-0.05, 0) is 117 Å². The van der Waals surface area contributed by atoms with Gasteiger partial charge in [-0.3, -0.25) is 9.59 Å². The third-order valence-electron chi connectivity index (χ3n) is 10.2. The number of carbonyl (C=O) groups excluding carboxylic acids is 2. The molecule has 0 N–H and O–H groups in total. The molecule has 0 unspecified atom stereocenters. The Hall–Kier alpha value is -8.34. The first-order chi connectivity index (χ1) is 30.6. The van der Waals surface area contributed by atoms with Crippen molar-refractivity contribution in [2.24, 2.45) is 9.98 Å². The average molecular weight is 799 g/mol. The molecule has 0 aromatic heterocycles. The molecule has 0 amide bonds. The molecule has 6 aromatic carbocycles. The lowest BCUT2D eigenvalue weighted by atomic mass is 9.88. The number of rotatable bonds is 12. The summed E-state index contributed by atoms with van der Waals surface area (Å²) in [6.45, 7) is 0. The highest BCUT2D eigenvalue weighted by molar-refractivity contribution is 6.19. The Balaban J connectivity index is 1.45. The lowest BCUT2D eigenvalue weighted by Gasteiger charge is -2.16. The van der Waals surface area contributed by atoms with Crippen LogP contribution in [0, 0.1) is 0 Å². The second-order valence-electron chi connectivity index (χ2n) is 14.5. The van der Waals surface area contributed by atoms with E-state index in [0.717, 1.165) is 67.1 Å². The summed E-state index contributed by atoms with van der Waals surface area (Å²) in [4.78, 5) is 34.4. The van der Waals surface area contributed by atoms with Crippen LogP contribution in [-0.4, -0.2) is 23.0 Å². The Morgan fingerprint density at radius 1 is 0.290 bits per heavy atom. The fourth-order valence-corrected chi connectivity index (χ4v) is 7.05. The Bertz CT molecular complexity index is 2670. The van der Waals surface area contributed by atoms with E-state index < -0.39 is 0 Å². The van der Waals surface area contributed by atoms with E-state index in [0.29, 0.717) is 11.4 Å². The van der Waals surface area contributed by atoms with Crippen molar-refractivity contribution in [3.8, 4) is 0 Å². The highest BCUT2D eigenvalue weighted by Crippen LogP contribution is 2.36. The molecule has 8 rings (SSSR count). The average Bonchev–Trinajstić information content (AvgIpc) is 3.34. The molecule has 0 radical (unpaired) electrons. The molecule has 0 bridgehead atoms. The maximum atomic E-state index is 12.1. The van der Waals surface area contributed by atoms with Crippen LogP contribution in [0.4, 0.5) is 0 Å². The highest BCUT2D eigenvalue weighted by Gasteiger charge is 2.15. The third kappa shape index (κ3) is 10.6. The summed E-state index contributed by atoms with van der Waals surface area (Å²) in [5.74, 6) is -0.129. The van der Waals surface area contributed by atoms with Crippen molar-refractivity contribution >= 4 is 56.7 Å². The fraction of sp³-hybridized carbons (Fsp3) is 0. The van der Waals surface area contributed by atoms with Gasteiger partial charge in [-0.2, -0.15) is 0 Å². The van der Waals surface area contributed by atoms with Crippen LogP contribution < -0.4 is 0 Å². The van der Waals surface area contributed by atoms with Gasteiger partial charge in [0.25, 0.3) is 0 Å². The van der Waals surface area contributed by atoms with Gasteiger partial charge in [0, 0.05) is 11.1 Å². The number of benzene rings is 6. The van der Waals surface area contributed by atoms with Crippen molar-refractivity contribution in [2.45, 2.75) is 0 Å². The molecule has 0 spiro atoms. The van der Waals surface area contributed by atoms with Crippen molar-refractivity contribution in [2.75, 3.05) is 0 Å². The van der Waals surface area contributed by atoms with Crippen molar-refractivity contribution in [3.63, 3.8) is 0 Å². The molecule has 0 atom stereocenters. The van der Waals surface area contributed by atoms with Crippen LogP contribution in [0.5, 0.6) is 0 Å². The van der Waals surface area contributed by atoms with Crippen LogP contribution in [0.2, 0.25) is 0 Å². The fourth-order valence-electron chi connectivity index (χ4n) is 7.05. The molecule has 0 saturated heterocycles. The van der Waals surface area contributed by atoms with E-state index in [4.69, 9.17) is 9.98 Å².